The number of hydrogen-bond acceptors (Lipinski definition) is 3. The van der Waals surface area contributed by atoms with E-state index in [0.29, 0.717) is 12.5 Å². The van der Waals surface area contributed by atoms with E-state index in [1.54, 1.807) is 0 Å². The summed E-state index contributed by atoms with van der Waals surface area (Å²) in [4.78, 5) is 11.5. The number of rotatable bonds is 3. The highest BCUT2D eigenvalue weighted by Gasteiger charge is 2.18. The minimum absolute atomic E-state index is 0.0472. The highest BCUT2D eigenvalue weighted by atomic mass is 16.5. The van der Waals surface area contributed by atoms with Crippen LogP contribution in [0.25, 0.3) is 0 Å². The van der Waals surface area contributed by atoms with Crippen molar-refractivity contribution in [2.24, 2.45) is 5.92 Å². The van der Waals surface area contributed by atoms with Crippen molar-refractivity contribution in [3.63, 3.8) is 0 Å². The van der Waals surface area contributed by atoms with Crippen LogP contribution in [0.4, 0.5) is 4.79 Å². The summed E-state index contributed by atoms with van der Waals surface area (Å²) in [5.41, 5.74) is 0. The van der Waals surface area contributed by atoms with E-state index in [-0.39, 0.29) is 12.1 Å². The van der Waals surface area contributed by atoms with Crippen molar-refractivity contribution < 1.29 is 9.53 Å². The van der Waals surface area contributed by atoms with Crippen molar-refractivity contribution in [2.75, 3.05) is 32.8 Å². The van der Waals surface area contributed by atoms with Crippen molar-refractivity contribution in [2.45, 2.75) is 25.3 Å². The van der Waals surface area contributed by atoms with Gasteiger partial charge >= 0.3 is 6.03 Å². The molecule has 1 atom stereocenters. The topological polar surface area (TPSA) is 62.4 Å². The molecule has 5 nitrogen and oxygen atoms in total. The van der Waals surface area contributed by atoms with Gasteiger partial charge in [-0.3, -0.25) is 0 Å². The fraction of sp³-hybridized carbons (Fsp3) is 0.909. The normalized spacial score (nSPS) is 26.6. The molecule has 92 valence electrons. The van der Waals surface area contributed by atoms with Crippen molar-refractivity contribution >= 4 is 6.03 Å². The van der Waals surface area contributed by atoms with E-state index in [9.17, 15) is 4.79 Å². The zero-order chi connectivity index (χ0) is 11.2. The van der Waals surface area contributed by atoms with Gasteiger partial charge in [-0.2, -0.15) is 0 Å². The minimum Gasteiger partial charge on any atom is -0.379 e. The maximum Gasteiger partial charge on any atom is 0.315 e. The number of piperidine rings is 1. The standard InChI is InChI=1S/C11H21N3O2/c15-11(14-10-3-6-16-8-10)13-7-9-1-4-12-5-2-9/h9-10,12H,1-8H2,(H2,13,14,15). The second-order valence-corrected chi connectivity index (χ2v) is 4.61. The molecule has 2 aliphatic rings. The molecule has 0 aromatic heterocycles. The first-order valence-corrected chi connectivity index (χ1v) is 6.17. The van der Waals surface area contributed by atoms with Gasteiger partial charge < -0.3 is 20.7 Å². The van der Waals surface area contributed by atoms with Gasteiger partial charge in [0.05, 0.1) is 12.6 Å². The summed E-state index contributed by atoms with van der Waals surface area (Å²) in [6.45, 7) is 4.36. The summed E-state index contributed by atoms with van der Waals surface area (Å²) >= 11 is 0. The van der Waals surface area contributed by atoms with E-state index in [2.05, 4.69) is 16.0 Å². The Morgan fingerprint density at radius 3 is 2.81 bits per heavy atom. The van der Waals surface area contributed by atoms with Crippen LogP contribution >= 0.6 is 0 Å². The lowest BCUT2D eigenvalue weighted by Crippen LogP contribution is -2.45. The zero-order valence-electron chi connectivity index (χ0n) is 9.63. The van der Waals surface area contributed by atoms with Gasteiger partial charge in [0, 0.05) is 13.2 Å². The molecular weight excluding hydrogens is 206 g/mol. The van der Waals surface area contributed by atoms with Gasteiger partial charge in [-0.05, 0) is 38.3 Å². The summed E-state index contributed by atoms with van der Waals surface area (Å²) in [5.74, 6) is 0.631. The molecule has 5 heteroatoms. The third kappa shape index (κ3) is 3.64. The summed E-state index contributed by atoms with van der Waals surface area (Å²) in [6, 6.07) is 0.155. The fourth-order valence-corrected chi connectivity index (χ4v) is 2.21. The third-order valence-corrected chi connectivity index (χ3v) is 3.27. The molecule has 0 bridgehead atoms. The number of urea groups is 1. The predicted octanol–water partition coefficient (Wildman–Crippen LogP) is 0.0741. The molecule has 2 fully saturated rings. The fourth-order valence-electron chi connectivity index (χ4n) is 2.21. The zero-order valence-corrected chi connectivity index (χ0v) is 9.63. The van der Waals surface area contributed by atoms with Crippen LogP contribution < -0.4 is 16.0 Å². The van der Waals surface area contributed by atoms with Crippen LogP contribution in [0.1, 0.15) is 19.3 Å². The number of amides is 2. The van der Waals surface area contributed by atoms with Crippen LogP contribution in [0.3, 0.4) is 0 Å². The highest BCUT2D eigenvalue weighted by Crippen LogP contribution is 2.09. The molecule has 2 amide bonds. The average molecular weight is 227 g/mol. The lowest BCUT2D eigenvalue weighted by Gasteiger charge is -2.23. The molecule has 0 aliphatic carbocycles. The second-order valence-electron chi connectivity index (χ2n) is 4.61. The SMILES string of the molecule is O=C(NCC1CCNCC1)NC1CCOC1. The summed E-state index contributed by atoms with van der Waals surface area (Å²) in [6.07, 6.45) is 3.25. The minimum atomic E-state index is -0.0472. The van der Waals surface area contributed by atoms with Crippen LogP contribution in [0.2, 0.25) is 0 Å². The van der Waals surface area contributed by atoms with Crippen molar-refractivity contribution in [3.05, 3.63) is 0 Å². The number of hydrogen-bond donors (Lipinski definition) is 3. The van der Waals surface area contributed by atoms with Gasteiger partial charge in [0.1, 0.15) is 0 Å². The number of carbonyl (C=O) groups excluding carboxylic acids is 1. The van der Waals surface area contributed by atoms with Gasteiger partial charge in [0.15, 0.2) is 0 Å². The molecule has 2 rings (SSSR count). The lowest BCUT2D eigenvalue weighted by atomic mass is 9.98. The van der Waals surface area contributed by atoms with Crippen molar-refractivity contribution in [3.8, 4) is 0 Å². The number of carbonyl (C=O) groups is 1. The second kappa shape index (κ2) is 6.06. The van der Waals surface area contributed by atoms with E-state index in [1.807, 2.05) is 0 Å². The Morgan fingerprint density at radius 2 is 2.12 bits per heavy atom. The van der Waals surface area contributed by atoms with Crippen molar-refractivity contribution in [1.82, 2.24) is 16.0 Å². The van der Waals surface area contributed by atoms with E-state index < -0.39 is 0 Å². The highest BCUT2D eigenvalue weighted by molar-refractivity contribution is 5.74. The molecule has 0 aromatic rings. The smallest absolute Gasteiger partial charge is 0.315 e. The Hall–Kier alpha value is -0.810. The maximum absolute atomic E-state index is 11.5. The monoisotopic (exact) mass is 227 g/mol. The van der Waals surface area contributed by atoms with Crippen LogP contribution in [-0.4, -0.2) is 44.9 Å². The molecule has 0 aromatic carbocycles. The van der Waals surface area contributed by atoms with Gasteiger partial charge in [-0.1, -0.05) is 0 Å². The van der Waals surface area contributed by atoms with E-state index >= 15 is 0 Å². The van der Waals surface area contributed by atoms with Crippen LogP contribution in [0.5, 0.6) is 0 Å². The first-order chi connectivity index (χ1) is 7.84. The molecule has 0 radical (unpaired) electrons. The Labute approximate surface area is 96.3 Å². The molecule has 2 heterocycles. The number of ether oxygens (including phenoxy) is 1. The first-order valence-electron chi connectivity index (χ1n) is 6.17. The van der Waals surface area contributed by atoms with E-state index in [4.69, 9.17) is 4.74 Å². The molecule has 1 unspecified atom stereocenters. The average Bonchev–Trinajstić information content (AvgIpc) is 2.81. The van der Waals surface area contributed by atoms with Gasteiger partial charge in [0.25, 0.3) is 0 Å². The summed E-state index contributed by atoms with van der Waals surface area (Å²) in [7, 11) is 0. The van der Waals surface area contributed by atoms with Gasteiger partial charge in [-0.15, -0.1) is 0 Å². The van der Waals surface area contributed by atoms with Crippen LogP contribution in [0.15, 0.2) is 0 Å². The molecule has 16 heavy (non-hydrogen) atoms. The van der Waals surface area contributed by atoms with Crippen molar-refractivity contribution in [1.29, 1.82) is 0 Å². The molecular formula is C11H21N3O2. The summed E-state index contributed by atoms with van der Waals surface area (Å²) in [5, 5.41) is 9.19. The third-order valence-electron chi connectivity index (χ3n) is 3.27. The quantitative estimate of drug-likeness (QED) is 0.639. The maximum atomic E-state index is 11.5. The van der Waals surface area contributed by atoms with Crippen LogP contribution in [0, 0.1) is 5.92 Å². The van der Waals surface area contributed by atoms with Gasteiger partial charge in [0.2, 0.25) is 0 Å². The molecule has 0 spiro atoms. The van der Waals surface area contributed by atoms with Gasteiger partial charge in [-0.25, -0.2) is 4.79 Å². The molecule has 3 N–H and O–H groups in total. The van der Waals surface area contributed by atoms with E-state index in [1.165, 1.54) is 0 Å². The first kappa shape index (κ1) is 11.7. The Morgan fingerprint density at radius 1 is 1.31 bits per heavy atom. The Kier molecular flexibility index (Phi) is 4.42. The largest absolute Gasteiger partial charge is 0.379 e. The van der Waals surface area contributed by atoms with E-state index in [0.717, 1.165) is 45.5 Å². The Bertz CT molecular complexity index is 223. The molecule has 2 saturated heterocycles. The predicted molar refractivity (Wildman–Crippen MR) is 61.4 cm³/mol. The lowest BCUT2D eigenvalue weighted by molar-refractivity contribution is 0.188. The number of nitrogens with one attached hydrogen (secondary N) is 3. The Balaban J connectivity index is 1.59. The molecule has 2 aliphatic heterocycles. The summed E-state index contributed by atoms with van der Waals surface area (Å²) < 4.78 is 5.20. The van der Waals surface area contributed by atoms with Crippen LogP contribution in [-0.2, 0) is 4.74 Å². The molecule has 0 saturated carbocycles.